The Morgan fingerprint density at radius 3 is 2.44 bits per heavy atom. The molecule has 0 radical (unpaired) electrons. The fourth-order valence-corrected chi connectivity index (χ4v) is 1.99. The molecule has 1 aromatic rings. The minimum atomic E-state index is -0.212. The summed E-state index contributed by atoms with van der Waals surface area (Å²) in [5.74, 6) is -0.212. The molecule has 0 bridgehead atoms. The van der Waals surface area contributed by atoms with Crippen LogP contribution in [0.25, 0.3) is 0 Å². The van der Waals surface area contributed by atoms with Gasteiger partial charge in [0, 0.05) is 21.8 Å². The smallest absolute Gasteiger partial charge is 0.306 e. The lowest BCUT2D eigenvalue weighted by Gasteiger charge is -2.05. The van der Waals surface area contributed by atoms with Crippen LogP contribution in [-0.4, -0.2) is 11.3 Å². The minimum Gasteiger partial charge on any atom is -0.461 e. The molecule has 0 atom stereocenters. The zero-order valence-corrected chi connectivity index (χ0v) is 11.6. The number of ether oxygens (including phenoxy) is 1. The highest BCUT2D eigenvalue weighted by atomic mass is 79.9. The van der Waals surface area contributed by atoms with Crippen LogP contribution in [0.2, 0.25) is 10.0 Å². The Balaban J connectivity index is 2.45. The lowest BCUT2D eigenvalue weighted by atomic mass is 10.2. The molecule has 0 amide bonds. The molecule has 1 aromatic carbocycles. The molecule has 0 aromatic heterocycles. The number of hydrogen-bond acceptors (Lipinski definition) is 2. The number of carbonyl (C=O) groups is 1. The molecule has 88 valence electrons. The summed E-state index contributed by atoms with van der Waals surface area (Å²) in [6.07, 6.45) is 1.19. The van der Waals surface area contributed by atoms with Crippen molar-refractivity contribution in [2.45, 2.75) is 19.4 Å². The molecule has 1 rings (SSSR count). The van der Waals surface area contributed by atoms with Crippen molar-refractivity contribution in [3.05, 3.63) is 33.8 Å². The molecule has 0 spiro atoms. The molecule has 16 heavy (non-hydrogen) atoms. The van der Waals surface area contributed by atoms with Crippen LogP contribution in [0.3, 0.4) is 0 Å². The van der Waals surface area contributed by atoms with E-state index in [9.17, 15) is 4.79 Å². The SMILES string of the molecule is O=C(CCCBr)OCc1cc(Cl)cc(Cl)c1. The molecule has 0 unspecified atom stereocenters. The van der Waals surface area contributed by atoms with Crippen LogP contribution in [0.4, 0.5) is 0 Å². The van der Waals surface area contributed by atoms with Gasteiger partial charge in [-0.1, -0.05) is 39.1 Å². The van der Waals surface area contributed by atoms with Gasteiger partial charge in [-0.2, -0.15) is 0 Å². The largest absolute Gasteiger partial charge is 0.461 e. The Morgan fingerprint density at radius 2 is 1.88 bits per heavy atom. The van der Waals surface area contributed by atoms with Gasteiger partial charge in [0.05, 0.1) is 0 Å². The molecule has 5 heteroatoms. The van der Waals surface area contributed by atoms with Crippen LogP contribution >= 0.6 is 39.1 Å². The Labute approximate surface area is 113 Å². The predicted molar refractivity (Wildman–Crippen MR) is 69.3 cm³/mol. The average molecular weight is 326 g/mol. The number of benzene rings is 1. The van der Waals surface area contributed by atoms with Crippen molar-refractivity contribution < 1.29 is 9.53 Å². The first kappa shape index (κ1) is 13.8. The first-order valence-electron chi connectivity index (χ1n) is 4.78. The third-order valence-electron chi connectivity index (χ3n) is 1.84. The molecule has 0 aliphatic heterocycles. The van der Waals surface area contributed by atoms with Gasteiger partial charge in [0.15, 0.2) is 0 Å². The van der Waals surface area contributed by atoms with Gasteiger partial charge in [-0.15, -0.1) is 0 Å². The zero-order chi connectivity index (χ0) is 12.0. The van der Waals surface area contributed by atoms with E-state index in [1.54, 1.807) is 18.2 Å². The number of alkyl halides is 1. The van der Waals surface area contributed by atoms with Gasteiger partial charge in [-0.3, -0.25) is 4.79 Å². The van der Waals surface area contributed by atoms with E-state index in [2.05, 4.69) is 15.9 Å². The Kier molecular flexibility index (Phi) is 6.17. The van der Waals surface area contributed by atoms with Gasteiger partial charge in [0.1, 0.15) is 6.61 Å². The van der Waals surface area contributed by atoms with Gasteiger partial charge < -0.3 is 4.74 Å². The summed E-state index contributed by atoms with van der Waals surface area (Å²) in [4.78, 5) is 11.2. The molecule has 0 heterocycles. The topological polar surface area (TPSA) is 26.3 Å². The van der Waals surface area contributed by atoms with Crippen LogP contribution < -0.4 is 0 Å². The number of hydrogen-bond donors (Lipinski definition) is 0. The fourth-order valence-electron chi connectivity index (χ4n) is 1.14. The Bertz CT molecular complexity index is 349. The fraction of sp³-hybridized carbons (Fsp3) is 0.364. The monoisotopic (exact) mass is 324 g/mol. The predicted octanol–water partition coefficient (Wildman–Crippen LogP) is 4.21. The minimum absolute atomic E-state index is 0.210. The third-order valence-corrected chi connectivity index (χ3v) is 2.83. The van der Waals surface area contributed by atoms with Crippen LogP contribution in [0.5, 0.6) is 0 Å². The van der Waals surface area contributed by atoms with Gasteiger partial charge in [-0.25, -0.2) is 0 Å². The van der Waals surface area contributed by atoms with Gasteiger partial charge >= 0.3 is 5.97 Å². The summed E-state index contributed by atoms with van der Waals surface area (Å²) in [5, 5.41) is 1.88. The second-order valence-electron chi connectivity index (χ2n) is 3.23. The summed E-state index contributed by atoms with van der Waals surface area (Å²) >= 11 is 14.9. The van der Waals surface area contributed by atoms with Crippen molar-refractivity contribution >= 4 is 45.1 Å². The number of carbonyl (C=O) groups excluding carboxylic acids is 1. The lowest BCUT2D eigenvalue weighted by Crippen LogP contribution is -2.04. The summed E-state index contributed by atoms with van der Waals surface area (Å²) < 4.78 is 5.06. The van der Waals surface area contributed by atoms with E-state index in [-0.39, 0.29) is 12.6 Å². The average Bonchev–Trinajstić information content (AvgIpc) is 2.22. The van der Waals surface area contributed by atoms with Gasteiger partial charge in [0.25, 0.3) is 0 Å². The van der Waals surface area contributed by atoms with Crippen molar-refractivity contribution in [1.82, 2.24) is 0 Å². The molecule has 2 nitrogen and oxygen atoms in total. The second-order valence-corrected chi connectivity index (χ2v) is 4.90. The number of esters is 1. The van der Waals surface area contributed by atoms with Crippen molar-refractivity contribution in [3.8, 4) is 0 Å². The highest BCUT2D eigenvalue weighted by Gasteiger charge is 2.04. The normalized spacial score (nSPS) is 10.2. The summed E-state index contributed by atoms with van der Waals surface area (Å²) in [5.41, 5.74) is 0.796. The van der Waals surface area contributed by atoms with Crippen LogP contribution in [0.15, 0.2) is 18.2 Å². The molecule has 0 aliphatic rings. The first-order chi connectivity index (χ1) is 7.61. The summed E-state index contributed by atoms with van der Waals surface area (Å²) in [6.45, 7) is 0.210. The molecule has 0 aliphatic carbocycles. The van der Waals surface area contributed by atoms with Crippen molar-refractivity contribution in [2.75, 3.05) is 5.33 Å². The highest BCUT2D eigenvalue weighted by molar-refractivity contribution is 9.09. The Hall–Kier alpha value is -0.250. The van der Waals surface area contributed by atoms with E-state index >= 15 is 0 Å². The van der Waals surface area contributed by atoms with E-state index in [1.165, 1.54) is 0 Å². The molecule has 0 saturated heterocycles. The van der Waals surface area contributed by atoms with E-state index in [4.69, 9.17) is 27.9 Å². The van der Waals surface area contributed by atoms with E-state index < -0.39 is 0 Å². The van der Waals surface area contributed by atoms with Gasteiger partial charge in [0.2, 0.25) is 0 Å². The first-order valence-corrected chi connectivity index (χ1v) is 6.66. The standard InChI is InChI=1S/C11H11BrCl2O2/c12-3-1-2-11(15)16-7-8-4-9(13)6-10(14)5-8/h4-6H,1-3,7H2. The molecular weight excluding hydrogens is 315 g/mol. The number of halogens is 3. The third kappa shape index (κ3) is 5.19. The molecule has 0 fully saturated rings. The maximum atomic E-state index is 11.2. The van der Waals surface area contributed by atoms with Crippen LogP contribution in [0.1, 0.15) is 18.4 Å². The molecular formula is C11H11BrCl2O2. The summed E-state index contributed by atoms with van der Waals surface area (Å²) in [7, 11) is 0. The quantitative estimate of drug-likeness (QED) is 0.598. The van der Waals surface area contributed by atoms with Crippen LogP contribution in [0, 0.1) is 0 Å². The van der Waals surface area contributed by atoms with Crippen LogP contribution in [-0.2, 0) is 16.1 Å². The van der Waals surface area contributed by atoms with E-state index in [1.807, 2.05) is 0 Å². The maximum Gasteiger partial charge on any atom is 0.306 e. The maximum absolute atomic E-state index is 11.2. The van der Waals surface area contributed by atoms with E-state index in [0.29, 0.717) is 16.5 Å². The zero-order valence-electron chi connectivity index (χ0n) is 8.51. The van der Waals surface area contributed by atoms with E-state index in [0.717, 1.165) is 17.3 Å². The Morgan fingerprint density at radius 1 is 1.25 bits per heavy atom. The van der Waals surface area contributed by atoms with Crippen molar-refractivity contribution in [3.63, 3.8) is 0 Å². The van der Waals surface area contributed by atoms with Gasteiger partial charge in [-0.05, 0) is 30.2 Å². The molecule has 0 N–H and O–H groups in total. The second kappa shape index (κ2) is 7.15. The molecule has 0 saturated carbocycles. The van der Waals surface area contributed by atoms with Crippen molar-refractivity contribution in [1.29, 1.82) is 0 Å². The highest BCUT2D eigenvalue weighted by Crippen LogP contribution is 2.19. The number of rotatable bonds is 5. The summed E-state index contributed by atoms with van der Waals surface area (Å²) in [6, 6.07) is 5.09. The lowest BCUT2D eigenvalue weighted by molar-refractivity contribution is -0.144. The van der Waals surface area contributed by atoms with Crippen molar-refractivity contribution in [2.24, 2.45) is 0 Å².